The first-order valence-electron chi connectivity index (χ1n) is 6.49. The van der Waals surface area contributed by atoms with Crippen LogP contribution in [0, 0.1) is 0 Å². The summed E-state index contributed by atoms with van der Waals surface area (Å²) in [7, 11) is -2.82. The van der Waals surface area contributed by atoms with Gasteiger partial charge in [-0.05, 0) is 30.7 Å². The van der Waals surface area contributed by atoms with E-state index < -0.39 is 34.2 Å². The van der Waals surface area contributed by atoms with Gasteiger partial charge in [-0.25, -0.2) is 8.42 Å². The van der Waals surface area contributed by atoms with Crippen LogP contribution in [-0.4, -0.2) is 38.8 Å². The topological polar surface area (TPSA) is 66.5 Å². The van der Waals surface area contributed by atoms with Crippen LogP contribution in [0.15, 0.2) is 29.2 Å². The van der Waals surface area contributed by atoms with E-state index in [1.165, 1.54) is 7.05 Å². The van der Waals surface area contributed by atoms with Gasteiger partial charge in [-0.15, -0.1) is 0 Å². The highest BCUT2D eigenvalue weighted by atomic mass is 32.2. The quantitative estimate of drug-likeness (QED) is 0.861. The summed E-state index contributed by atoms with van der Waals surface area (Å²) in [5.41, 5.74) is -0.935. The van der Waals surface area contributed by atoms with Crippen LogP contribution >= 0.6 is 0 Å². The molecule has 0 heterocycles. The molecule has 1 aromatic rings. The largest absolute Gasteiger partial charge is 0.416 e. The lowest BCUT2D eigenvalue weighted by Gasteiger charge is -2.17. The third-order valence-electron chi connectivity index (χ3n) is 2.83. The van der Waals surface area contributed by atoms with Crippen molar-refractivity contribution in [3.8, 4) is 0 Å². The Morgan fingerprint density at radius 1 is 1.23 bits per heavy atom. The van der Waals surface area contributed by atoms with Gasteiger partial charge in [0.15, 0.2) is 0 Å². The monoisotopic (exact) mass is 338 g/mol. The van der Waals surface area contributed by atoms with Gasteiger partial charge in [0.05, 0.1) is 17.0 Å². The van der Waals surface area contributed by atoms with Crippen LogP contribution < -0.4 is 5.32 Å². The summed E-state index contributed by atoms with van der Waals surface area (Å²) < 4.78 is 62.5. The number of alkyl halides is 3. The highest BCUT2D eigenvalue weighted by Gasteiger charge is 2.31. The van der Waals surface area contributed by atoms with Gasteiger partial charge in [0, 0.05) is 13.6 Å². The molecular weight excluding hydrogens is 321 g/mol. The number of amides is 1. The molecule has 1 aromatic carbocycles. The molecule has 0 saturated carbocycles. The molecule has 0 spiro atoms. The Hall–Kier alpha value is -1.61. The first kappa shape index (κ1) is 18.4. The van der Waals surface area contributed by atoms with Crippen LogP contribution in [0.1, 0.15) is 18.9 Å². The first-order valence-corrected chi connectivity index (χ1v) is 7.93. The second-order valence-electron chi connectivity index (χ2n) is 4.63. The van der Waals surface area contributed by atoms with Gasteiger partial charge in [0.2, 0.25) is 15.9 Å². The van der Waals surface area contributed by atoms with Crippen molar-refractivity contribution in [1.29, 1.82) is 0 Å². The maximum Gasteiger partial charge on any atom is 0.416 e. The Labute approximate surface area is 127 Å². The molecule has 0 radical (unpaired) electrons. The van der Waals surface area contributed by atoms with Gasteiger partial charge >= 0.3 is 6.18 Å². The number of rotatable bonds is 6. The zero-order chi connectivity index (χ0) is 17.0. The number of carbonyl (C=O) groups excluding carboxylic acids is 1. The Kier molecular flexibility index (Phi) is 5.95. The Morgan fingerprint density at radius 3 is 2.23 bits per heavy atom. The van der Waals surface area contributed by atoms with E-state index in [0.29, 0.717) is 25.1 Å². The van der Waals surface area contributed by atoms with Crippen LogP contribution in [0.5, 0.6) is 0 Å². The second kappa shape index (κ2) is 7.10. The van der Waals surface area contributed by atoms with E-state index in [1.807, 2.05) is 6.92 Å². The fourth-order valence-corrected chi connectivity index (χ4v) is 2.73. The predicted octanol–water partition coefficient (Wildman–Crippen LogP) is 1.85. The highest BCUT2D eigenvalue weighted by Crippen LogP contribution is 2.30. The molecule has 5 nitrogen and oxygen atoms in total. The smallest absolute Gasteiger partial charge is 0.355 e. The fraction of sp³-hybridized carbons (Fsp3) is 0.462. The molecule has 124 valence electrons. The van der Waals surface area contributed by atoms with Crippen molar-refractivity contribution in [2.24, 2.45) is 0 Å². The number of hydrogen-bond acceptors (Lipinski definition) is 3. The van der Waals surface area contributed by atoms with Crippen molar-refractivity contribution in [3.05, 3.63) is 29.8 Å². The maximum atomic E-state index is 12.5. The van der Waals surface area contributed by atoms with Crippen molar-refractivity contribution in [2.75, 3.05) is 20.1 Å². The molecule has 0 saturated heterocycles. The number of likely N-dealkylation sites (N-methyl/N-ethyl adjacent to an activating group) is 1. The third kappa shape index (κ3) is 4.70. The molecule has 22 heavy (non-hydrogen) atoms. The number of halogens is 3. The van der Waals surface area contributed by atoms with Crippen molar-refractivity contribution in [1.82, 2.24) is 9.62 Å². The molecule has 0 bridgehead atoms. The highest BCUT2D eigenvalue weighted by molar-refractivity contribution is 7.89. The fourth-order valence-electron chi connectivity index (χ4n) is 1.60. The van der Waals surface area contributed by atoms with Crippen molar-refractivity contribution in [2.45, 2.75) is 24.4 Å². The van der Waals surface area contributed by atoms with Gasteiger partial charge in [0.1, 0.15) is 0 Å². The van der Waals surface area contributed by atoms with Gasteiger partial charge in [-0.3, -0.25) is 4.79 Å². The van der Waals surface area contributed by atoms with Crippen LogP contribution in [0.2, 0.25) is 0 Å². The second-order valence-corrected chi connectivity index (χ2v) is 6.68. The molecule has 0 aliphatic carbocycles. The van der Waals surface area contributed by atoms with E-state index in [-0.39, 0.29) is 4.90 Å². The molecule has 9 heteroatoms. The lowest BCUT2D eigenvalue weighted by molar-refractivity contribution is -0.137. The van der Waals surface area contributed by atoms with Gasteiger partial charge < -0.3 is 5.32 Å². The summed E-state index contributed by atoms with van der Waals surface area (Å²) in [4.78, 5) is 11.2. The third-order valence-corrected chi connectivity index (χ3v) is 4.65. The molecule has 0 aliphatic heterocycles. The number of carbonyl (C=O) groups is 1. The lowest BCUT2D eigenvalue weighted by Crippen LogP contribution is -2.38. The van der Waals surface area contributed by atoms with Crippen molar-refractivity contribution >= 4 is 15.9 Å². The van der Waals surface area contributed by atoms with Crippen LogP contribution in [0.25, 0.3) is 0 Å². The van der Waals surface area contributed by atoms with E-state index in [4.69, 9.17) is 0 Å². The minimum Gasteiger partial charge on any atom is -0.355 e. The first-order chi connectivity index (χ1) is 10.1. The number of hydrogen-bond donors (Lipinski definition) is 1. The zero-order valence-electron chi connectivity index (χ0n) is 12.1. The number of nitrogens with zero attached hydrogens (tertiary/aromatic N) is 1. The van der Waals surface area contributed by atoms with Gasteiger partial charge in [-0.2, -0.15) is 17.5 Å². The number of nitrogens with one attached hydrogen (secondary N) is 1. The number of benzene rings is 1. The standard InChI is InChI=1S/C13H17F3N2O3S/c1-3-8-17-12(19)9-18(2)22(20,21)11-6-4-10(5-7-11)13(14,15)16/h4-7H,3,8-9H2,1-2H3,(H,17,19). The zero-order valence-corrected chi connectivity index (χ0v) is 13.0. The van der Waals surface area contributed by atoms with Crippen LogP contribution in [0.3, 0.4) is 0 Å². The van der Waals surface area contributed by atoms with Crippen LogP contribution in [-0.2, 0) is 21.0 Å². The Balaban J connectivity index is 2.87. The van der Waals surface area contributed by atoms with E-state index in [1.54, 1.807) is 0 Å². The minimum absolute atomic E-state index is 0.300. The maximum absolute atomic E-state index is 12.5. The minimum atomic E-state index is -4.53. The Morgan fingerprint density at radius 2 is 1.77 bits per heavy atom. The normalized spacial score (nSPS) is 12.5. The summed E-state index contributed by atoms with van der Waals surface area (Å²) in [6.45, 7) is 1.87. The molecule has 1 amide bonds. The average Bonchev–Trinajstić information content (AvgIpc) is 2.44. The summed E-state index contributed by atoms with van der Waals surface area (Å²) in [5, 5.41) is 2.52. The average molecular weight is 338 g/mol. The summed E-state index contributed by atoms with van der Waals surface area (Å²) in [5.74, 6) is -0.472. The van der Waals surface area contributed by atoms with E-state index in [0.717, 1.165) is 16.4 Å². The van der Waals surface area contributed by atoms with E-state index in [9.17, 15) is 26.4 Å². The lowest BCUT2D eigenvalue weighted by atomic mass is 10.2. The molecule has 0 aliphatic rings. The van der Waals surface area contributed by atoms with Crippen LogP contribution in [0.4, 0.5) is 13.2 Å². The molecular formula is C13H17F3N2O3S. The molecule has 0 atom stereocenters. The molecule has 0 aromatic heterocycles. The van der Waals surface area contributed by atoms with E-state index in [2.05, 4.69) is 5.32 Å². The Bertz CT molecular complexity index is 612. The molecule has 1 rings (SSSR count). The SMILES string of the molecule is CCCNC(=O)CN(C)S(=O)(=O)c1ccc(C(F)(F)F)cc1. The molecule has 1 N–H and O–H groups in total. The summed E-state index contributed by atoms with van der Waals surface area (Å²) >= 11 is 0. The van der Waals surface area contributed by atoms with Crippen molar-refractivity contribution < 1.29 is 26.4 Å². The summed E-state index contributed by atoms with van der Waals surface area (Å²) in [6.07, 6.45) is -3.82. The van der Waals surface area contributed by atoms with Gasteiger partial charge in [0.25, 0.3) is 0 Å². The van der Waals surface area contributed by atoms with Crippen molar-refractivity contribution in [3.63, 3.8) is 0 Å². The van der Waals surface area contributed by atoms with E-state index >= 15 is 0 Å². The van der Waals surface area contributed by atoms with Gasteiger partial charge in [-0.1, -0.05) is 6.92 Å². The number of sulfonamides is 1. The molecule has 0 fully saturated rings. The predicted molar refractivity (Wildman–Crippen MR) is 74.6 cm³/mol. The summed E-state index contributed by atoms with van der Waals surface area (Å²) in [6, 6.07) is 3.13. The molecule has 0 unspecified atom stereocenters.